The van der Waals surface area contributed by atoms with Gasteiger partial charge in [-0.05, 0) is 24.6 Å². The number of aromatic nitrogens is 4. The molecule has 1 aliphatic heterocycles. The topological polar surface area (TPSA) is 84.0 Å². The zero-order chi connectivity index (χ0) is 21.5. The fourth-order valence-corrected chi connectivity index (χ4v) is 3.46. The SMILES string of the molecule is CC(F)(F)c1cc(F)ccc1Oc1ncnc2c1CCN(c1cn[nH]c(=O)c1Cl)C2. The molecule has 0 fully saturated rings. The molecular weight excluding hydrogens is 423 g/mol. The molecule has 0 saturated carbocycles. The predicted octanol–water partition coefficient (Wildman–Crippen LogP) is 3.82. The molecular formula is C19H15ClF3N5O2. The second-order valence-corrected chi connectivity index (χ2v) is 7.18. The van der Waals surface area contributed by atoms with Gasteiger partial charge in [0.15, 0.2) is 0 Å². The van der Waals surface area contributed by atoms with Crippen LogP contribution in [0, 0.1) is 5.82 Å². The molecule has 30 heavy (non-hydrogen) atoms. The van der Waals surface area contributed by atoms with Crippen molar-refractivity contribution in [3.8, 4) is 11.6 Å². The summed E-state index contributed by atoms with van der Waals surface area (Å²) in [5, 5.41) is 6.04. The maximum Gasteiger partial charge on any atom is 0.285 e. The quantitative estimate of drug-likeness (QED) is 0.668. The first-order chi connectivity index (χ1) is 14.2. The van der Waals surface area contributed by atoms with E-state index in [0.717, 1.165) is 18.2 Å². The van der Waals surface area contributed by atoms with E-state index in [4.69, 9.17) is 16.3 Å². The number of rotatable bonds is 4. The number of ether oxygens (including phenoxy) is 1. The van der Waals surface area contributed by atoms with Crippen LogP contribution in [0.15, 0.2) is 35.5 Å². The molecule has 1 aliphatic rings. The minimum Gasteiger partial charge on any atom is -0.438 e. The van der Waals surface area contributed by atoms with Gasteiger partial charge in [-0.2, -0.15) is 5.10 Å². The van der Waals surface area contributed by atoms with Crippen LogP contribution < -0.4 is 15.2 Å². The number of alkyl halides is 2. The summed E-state index contributed by atoms with van der Waals surface area (Å²) >= 11 is 6.08. The average molecular weight is 438 g/mol. The summed E-state index contributed by atoms with van der Waals surface area (Å²) < 4.78 is 47.0. The van der Waals surface area contributed by atoms with Crippen molar-refractivity contribution in [1.82, 2.24) is 20.2 Å². The highest BCUT2D eigenvalue weighted by atomic mass is 35.5. The molecule has 0 unspecified atom stereocenters. The first-order valence-corrected chi connectivity index (χ1v) is 9.28. The number of anilines is 1. The number of fused-ring (bicyclic) bond motifs is 1. The third kappa shape index (κ3) is 3.82. The molecule has 4 rings (SSSR count). The van der Waals surface area contributed by atoms with Crippen LogP contribution in [-0.4, -0.2) is 26.7 Å². The zero-order valence-corrected chi connectivity index (χ0v) is 16.4. The molecule has 156 valence electrons. The van der Waals surface area contributed by atoms with Crippen LogP contribution in [0.3, 0.4) is 0 Å². The van der Waals surface area contributed by atoms with E-state index in [0.29, 0.717) is 43.4 Å². The number of halogens is 4. The Morgan fingerprint density at radius 2 is 2.10 bits per heavy atom. The highest BCUT2D eigenvalue weighted by Gasteiger charge is 2.31. The van der Waals surface area contributed by atoms with Gasteiger partial charge in [0, 0.05) is 19.0 Å². The van der Waals surface area contributed by atoms with Crippen molar-refractivity contribution >= 4 is 17.3 Å². The van der Waals surface area contributed by atoms with Gasteiger partial charge in [-0.15, -0.1) is 0 Å². The lowest BCUT2D eigenvalue weighted by atomic mass is 10.1. The van der Waals surface area contributed by atoms with E-state index in [2.05, 4.69) is 20.2 Å². The monoisotopic (exact) mass is 437 g/mol. The van der Waals surface area contributed by atoms with Gasteiger partial charge in [-0.1, -0.05) is 11.6 Å². The fourth-order valence-electron chi connectivity index (χ4n) is 3.25. The molecule has 7 nitrogen and oxygen atoms in total. The summed E-state index contributed by atoms with van der Waals surface area (Å²) in [7, 11) is 0. The lowest BCUT2D eigenvalue weighted by Gasteiger charge is -2.30. The van der Waals surface area contributed by atoms with Gasteiger partial charge >= 0.3 is 0 Å². The van der Waals surface area contributed by atoms with Gasteiger partial charge in [0.1, 0.15) is 22.9 Å². The highest BCUT2D eigenvalue weighted by Crippen LogP contribution is 2.38. The molecule has 3 heterocycles. The standard InChI is InChI=1S/C19H15ClF3N5O2/c1-19(22,23)12-6-10(21)2-3-15(12)30-18-11-4-5-28(8-13(11)24-9-25-18)14-7-26-27-17(29)16(14)20/h2-3,6-7,9H,4-5,8H2,1H3,(H,27,29). The van der Waals surface area contributed by atoms with Crippen molar-refractivity contribution in [1.29, 1.82) is 0 Å². The normalized spacial score (nSPS) is 13.8. The van der Waals surface area contributed by atoms with E-state index >= 15 is 0 Å². The van der Waals surface area contributed by atoms with Crippen LogP contribution in [0.25, 0.3) is 0 Å². The maximum atomic E-state index is 13.9. The van der Waals surface area contributed by atoms with Crippen molar-refractivity contribution in [3.05, 3.63) is 68.7 Å². The summed E-state index contributed by atoms with van der Waals surface area (Å²) in [5.41, 5.74) is 0.607. The fraction of sp³-hybridized carbons (Fsp3) is 0.263. The Labute approximate surface area is 173 Å². The summed E-state index contributed by atoms with van der Waals surface area (Å²) in [5.74, 6) is -4.16. The van der Waals surface area contributed by atoms with Crippen molar-refractivity contribution in [2.45, 2.75) is 25.8 Å². The molecule has 0 saturated heterocycles. The lowest BCUT2D eigenvalue weighted by molar-refractivity contribution is 0.0151. The number of hydrogen-bond donors (Lipinski definition) is 1. The molecule has 11 heteroatoms. The summed E-state index contributed by atoms with van der Waals surface area (Å²) in [6.07, 6.45) is 3.11. The average Bonchev–Trinajstić information content (AvgIpc) is 2.70. The highest BCUT2D eigenvalue weighted by molar-refractivity contribution is 6.33. The molecule has 0 aliphatic carbocycles. The Kier molecular flexibility index (Phi) is 5.10. The van der Waals surface area contributed by atoms with Gasteiger partial charge in [-0.3, -0.25) is 4.79 Å². The Balaban J connectivity index is 1.66. The Bertz CT molecular complexity index is 1170. The third-order valence-electron chi connectivity index (χ3n) is 4.71. The predicted molar refractivity (Wildman–Crippen MR) is 103 cm³/mol. The molecule has 0 atom stereocenters. The minimum absolute atomic E-state index is 0.0140. The number of nitrogens with zero attached hydrogens (tertiary/aromatic N) is 4. The number of hydrogen-bond acceptors (Lipinski definition) is 6. The number of H-pyrrole nitrogens is 1. The van der Waals surface area contributed by atoms with Gasteiger partial charge in [-0.25, -0.2) is 28.2 Å². The van der Waals surface area contributed by atoms with Crippen molar-refractivity contribution in [2.75, 3.05) is 11.4 Å². The molecule has 2 aromatic heterocycles. The Hall–Kier alpha value is -3.14. The number of aromatic amines is 1. The second kappa shape index (κ2) is 7.60. The van der Waals surface area contributed by atoms with E-state index in [1.54, 1.807) is 0 Å². The number of benzene rings is 1. The largest absolute Gasteiger partial charge is 0.438 e. The molecule has 1 N–H and O–H groups in total. The summed E-state index contributed by atoms with van der Waals surface area (Å²) in [6, 6.07) is 2.93. The summed E-state index contributed by atoms with van der Waals surface area (Å²) in [6.45, 7) is 1.41. The van der Waals surface area contributed by atoms with Crippen molar-refractivity contribution < 1.29 is 17.9 Å². The molecule has 0 spiro atoms. The van der Waals surface area contributed by atoms with Gasteiger partial charge in [0.05, 0.1) is 29.7 Å². The van der Waals surface area contributed by atoms with Crippen molar-refractivity contribution in [3.63, 3.8) is 0 Å². The van der Waals surface area contributed by atoms with Gasteiger partial charge in [0.25, 0.3) is 11.5 Å². The first kappa shape index (κ1) is 20.1. The van der Waals surface area contributed by atoms with E-state index in [9.17, 15) is 18.0 Å². The molecule has 0 bridgehead atoms. The van der Waals surface area contributed by atoms with E-state index in [1.165, 1.54) is 12.5 Å². The van der Waals surface area contributed by atoms with E-state index in [1.807, 2.05) is 4.90 Å². The van der Waals surface area contributed by atoms with Gasteiger partial charge < -0.3 is 9.64 Å². The minimum atomic E-state index is -3.30. The lowest BCUT2D eigenvalue weighted by Crippen LogP contribution is -2.33. The third-order valence-corrected chi connectivity index (χ3v) is 5.07. The molecule has 0 radical (unpaired) electrons. The van der Waals surface area contributed by atoms with Crippen LogP contribution in [0.5, 0.6) is 11.6 Å². The number of nitrogens with one attached hydrogen (secondary N) is 1. The Morgan fingerprint density at radius 1 is 1.30 bits per heavy atom. The maximum absolute atomic E-state index is 13.9. The van der Waals surface area contributed by atoms with Crippen LogP contribution in [-0.2, 0) is 18.9 Å². The van der Waals surface area contributed by atoms with Crippen LogP contribution >= 0.6 is 11.6 Å². The molecule has 0 amide bonds. The van der Waals surface area contributed by atoms with E-state index in [-0.39, 0.29) is 16.7 Å². The van der Waals surface area contributed by atoms with Crippen LogP contribution in [0.1, 0.15) is 23.7 Å². The smallest absolute Gasteiger partial charge is 0.285 e. The molecule has 1 aromatic carbocycles. The molecule has 3 aromatic rings. The van der Waals surface area contributed by atoms with Crippen LogP contribution in [0.4, 0.5) is 18.9 Å². The van der Waals surface area contributed by atoms with Gasteiger partial charge in [0.2, 0.25) is 5.88 Å². The Morgan fingerprint density at radius 3 is 2.87 bits per heavy atom. The zero-order valence-electron chi connectivity index (χ0n) is 15.6. The van der Waals surface area contributed by atoms with Crippen LogP contribution in [0.2, 0.25) is 5.02 Å². The first-order valence-electron chi connectivity index (χ1n) is 8.90. The second-order valence-electron chi connectivity index (χ2n) is 6.80. The van der Waals surface area contributed by atoms with E-state index < -0.39 is 22.9 Å². The van der Waals surface area contributed by atoms with Crippen molar-refractivity contribution in [2.24, 2.45) is 0 Å². The summed E-state index contributed by atoms with van der Waals surface area (Å²) in [4.78, 5) is 21.9.